The zero-order chi connectivity index (χ0) is 21.0. The maximum Gasteiger partial charge on any atom is 0.295 e. The Kier molecular flexibility index (Phi) is 5.97. The lowest BCUT2D eigenvalue weighted by atomic mass is 10.1. The lowest BCUT2D eigenvalue weighted by Crippen LogP contribution is -2.25. The molecule has 0 radical (unpaired) electrons. The number of hydrogen-bond donors (Lipinski definition) is 1. The fraction of sp³-hybridized carbons (Fsp3) is 0.227. The Labute approximate surface area is 168 Å². The maximum atomic E-state index is 12.8. The van der Waals surface area contributed by atoms with Crippen molar-refractivity contribution >= 4 is 17.4 Å². The number of hydrogen-bond acceptors (Lipinski definition) is 4. The number of carbonyl (C=O) groups excluding carboxylic acids is 2. The van der Waals surface area contributed by atoms with Crippen molar-refractivity contribution in [3.63, 3.8) is 0 Å². The van der Waals surface area contributed by atoms with Crippen molar-refractivity contribution < 1.29 is 14.3 Å². The van der Waals surface area contributed by atoms with E-state index in [0.717, 1.165) is 0 Å². The van der Waals surface area contributed by atoms with E-state index in [0.29, 0.717) is 29.1 Å². The predicted octanol–water partition coefficient (Wildman–Crippen LogP) is 3.09. The number of nitrogens with zero attached hydrogens (tertiary/aromatic N) is 2. The van der Waals surface area contributed by atoms with Gasteiger partial charge in [-0.3, -0.25) is 19.1 Å². The van der Waals surface area contributed by atoms with Gasteiger partial charge < -0.3 is 10.1 Å². The molecule has 0 aliphatic carbocycles. The van der Waals surface area contributed by atoms with Gasteiger partial charge in [-0.1, -0.05) is 25.1 Å². The Morgan fingerprint density at radius 2 is 1.69 bits per heavy atom. The molecule has 2 aromatic carbocycles. The van der Waals surface area contributed by atoms with E-state index >= 15 is 0 Å². The third kappa shape index (κ3) is 4.29. The summed E-state index contributed by atoms with van der Waals surface area (Å²) in [5.41, 5.74) is 1.85. The molecule has 1 heterocycles. The van der Waals surface area contributed by atoms with Gasteiger partial charge in [-0.15, -0.1) is 0 Å². The minimum Gasteiger partial charge on any atom is -0.484 e. The van der Waals surface area contributed by atoms with Crippen molar-refractivity contribution in [2.45, 2.75) is 20.3 Å². The molecule has 0 bridgehead atoms. The van der Waals surface area contributed by atoms with Crippen LogP contribution in [0.1, 0.15) is 29.4 Å². The molecule has 1 amide bonds. The SMILES string of the molecule is CCC(=O)c1ccc(OCC(=O)Nc2c(C)n(C)n(-c3ccccc3)c2=O)cc1. The Hall–Kier alpha value is -3.61. The number of Topliss-reactive ketones (excluding diaryl/α,β-unsaturated/α-hetero) is 1. The highest BCUT2D eigenvalue weighted by molar-refractivity contribution is 5.96. The summed E-state index contributed by atoms with van der Waals surface area (Å²) in [6.45, 7) is 3.31. The summed E-state index contributed by atoms with van der Waals surface area (Å²) in [6.07, 6.45) is 0.430. The first-order valence-electron chi connectivity index (χ1n) is 9.32. The molecule has 0 spiro atoms. The lowest BCUT2D eigenvalue weighted by molar-refractivity contribution is -0.118. The summed E-state index contributed by atoms with van der Waals surface area (Å²) in [5, 5.41) is 2.65. The van der Waals surface area contributed by atoms with Crippen LogP contribution in [0.2, 0.25) is 0 Å². The van der Waals surface area contributed by atoms with E-state index in [4.69, 9.17) is 4.74 Å². The van der Waals surface area contributed by atoms with Crippen LogP contribution in [0.25, 0.3) is 5.69 Å². The Balaban J connectivity index is 1.70. The molecule has 3 rings (SSSR count). The van der Waals surface area contributed by atoms with Gasteiger partial charge in [-0.2, -0.15) is 0 Å². The molecule has 0 atom stereocenters. The fourth-order valence-electron chi connectivity index (χ4n) is 2.98. The summed E-state index contributed by atoms with van der Waals surface area (Å²) in [4.78, 5) is 36.8. The molecule has 0 aliphatic heterocycles. The van der Waals surface area contributed by atoms with Crippen LogP contribution in [0.15, 0.2) is 59.4 Å². The number of ether oxygens (including phenoxy) is 1. The average Bonchev–Trinajstić information content (AvgIpc) is 2.95. The highest BCUT2D eigenvalue weighted by atomic mass is 16.5. The second kappa shape index (κ2) is 8.60. The van der Waals surface area contributed by atoms with Crippen LogP contribution in [0.4, 0.5) is 5.69 Å². The molecule has 150 valence electrons. The fourth-order valence-corrected chi connectivity index (χ4v) is 2.98. The summed E-state index contributed by atoms with van der Waals surface area (Å²) >= 11 is 0. The summed E-state index contributed by atoms with van der Waals surface area (Å²) in [7, 11) is 1.76. The molecule has 0 saturated carbocycles. The van der Waals surface area contributed by atoms with Gasteiger partial charge in [-0.05, 0) is 43.3 Å². The summed E-state index contributed by atoms with van der Waals surface area (Å²) in [6, 6.07) is 15.8. The van der Waals surface area contributed by atoms with Gasteiger partial charge in [-0.25, -0.2) is 4.68 Å². The molecule has 0 saturated heterocycles. The standard InChI is InChI=1S/C22H23N3O4/c1-4-19(26)16-10-12-18(13-11-16)29-14-20(27)23-21-15(2)24(3)25(22(21)28)17-8-6-5-7-9-17/h5-13H,4,14H2,1-3H3,(H,23,27). The van der Waals surface area contributed by atoms with E-state index in [-0.39, 0.29) is 23.6 Å². The highest BCUT2D eigenvalue weighted by Crippen LogP contribution is 2.15. The Morgan fingerprint density at radius 3 is 2.31 bits per heavy atom. The number of nitrogens with one attached hydrogen (secondary N) is 1. The number of rotatable bonds is 7. The highest BCUT2D eigenvalue weighted by Gasteiger charge is 2.18. The van der Waals surface area contributed by atoms with Gasteiger partial charge in [0.15, 0.2) is 12.4 Å². The van der Waals surface area contributed by atoms with E-state index < -0.39 is 5.91 Å². The topological polar surface area (TPSA) is 82.3 Å². The Morgan fingerprint density at radius 1 is 1.03 bits per heavy atom. The summed E-state index contributed by atoms with van der Waals surface area (Å²) in [5.74, 6) is 0.0764. The van der Waals surface area contributed by atoms with Crippen LogP contribution in [-0.4, -0.2) is 27.7 Å². The molecule has 29 heavy (non-hydrogen) atoms. The van der Waals surface area contributed by atoms with Gasteiger partial charge in [0.2, 0.25) is 0 Å². The molecule has 7 heteroatoms. The van der Waals surface area contributed by atoms with Crippen LogP contribution < -0.4 is 15.6 Å². The molecule has 0 fully saturated rings. The number of benzene rings is 2. The molecular weight excluding hydrogens is 370 g/mol. The minimum atomic E-state index is -0.440. The third-order valence-corrected chi connectivity index (χ3v) is 4.69. The number of para-hydroxylation sites is 1. The van der Waals surface area contributed by atoms with Crippen LogP contribution in [0.5, 0.6) is 5.75 Å². The molecule has 7 nitrogen and oxygen atoms in total. The van der Waals surface area contributed by atoms with E-state index in [9.17, 15) is 14.4 Å². The first-order chi connectivity index (χ1) is 13.9. The molecule has 0 aliphatic rings. The average molecular weight is 393 g/mol. The molecule has 1 aromatic heterocycles. The molecule has 1 N–H and O–H groups in total. The van der Waals surface area contributed by atoms with E-state index in [1.165, 1.54) is 4.68 Å². The second-order valence-electron chi connectivity index (χ2n) is 6.57. The lowest BCUT2D eigenvalue weighted by Gasteiger charge is -2.07. The Bertz CT molecular complexity index is 1080. The smallest absolute Gasteiger partial charge is 0.295 e. The zero-order valence-corrected chi connectivity index (χ0v) is 16.6. The second-order valence-corrected chi connectivity index (χ2v) is 6.57. The van der Waals surface area contributed by atoms with Gasteiger partial charge in [0.1, 0.15) is 11.4 Å². The van der Waals surface area contributed by atoms with E-state index in [1.54, 1.807) is 49.8 Å². The van der Waals surface area contributed by atoms with E-state index in [2.05, 4.69) is 5.32 Å². The van der Waals surface area contributed by atoms with Crippen molar-refractivity contribution in [2.75, 3.05) is 11.9 Å². The normalized spacial score (nSPS) is 10.6. The van der Waals surface area contributed by atoms with Gasteiger partial charge in [0.05, 0.1) is 11.4 Å². The quantitative estimate of drug-likeness (QED) is 0.626. The van der Waals surface area contributed by atoms with Crippen LogP contribution in [0.3, 0.4) is 0 Å². The van der Waals surface area contributed by atoms with Crippen LogP contribution in [0, 0.1) is 6.92 Å². The van der Waals surface area contributed by atoms with Crippen molar-refractivity contribution in [3.8, 4) is 11.4 Å². The number of anilines is 1. The van der Waals surface area contributed by atoms with E-state index in [1.807, 2.05) is 30.3 Å². The largest absolute Gasteiger partial charge is 0.484 e. The predicted molar refractivity (Wildman–Crippen MR) is 111 cm³/mol. The molecular formula is C22H23N3O4. The third-order valence-electron chi connectivity index (χ3n) is 4.69. The monoisotopic (exact) mass is 393 g/mol. The first kappa shape index (κ1) is 20.1. The number of ketones is 1. The van der Waals surface area contributed by atoms with Crippen molar-refractivity contribution in [1.29, 1.82) is 0 Å². The number of carbonyl (C=O) groups is 2. The first-order valence-corrected chi connectivity index (χ1v) is 9.32. The maximum absolute atomic E-state index is 12.8. The summed E-state index contributed by atoms with van der Waals surface area (Å²) < 4.78 is 8.66. The molecule has 0 unspecified atom stereocenters. The molecule has 3 aromatic rings. The van der Waals surface area contributed by atoms with Gasteiger partial charge >= 0.3 is 0 Å². The minimum absolute atomic E-state index is 0.0449. The van der Waals surface area contributed by atoms with Gasteiger partial charge in [0.25, 0.3) is 11.5 Å². The zero-order valence-electron chi connectivity index (χ0n) is 16.6. The number of aromatic nitrogens is 2. The van der Waals surface area contributed by atoms with Crippen LogP contribution in [-0.2, 0) is 11.8 Å². The van der Waals surface area contributed by atoms with Crippen molar-refractivity contribution in [1.82, 2.24) is 9.36 Å². The van der Waals surface area contributed by atoms with Crippen LogP contribution >= 0.6 is 0 Å². The van der Waals surface area contributed by atoms with Gasteiger partial charge in [0, 0.05) is 19.0 Å². The van der Waals surface area contributed by atoms with Crippen molar-refractivity contribution in [3.05, 3.63) is 76.2 Å². The van der Waals surface area contributed by atoms with Crippen molar-refractivity contribution in [2.24, 2.45) is 7.05 Å². The number of amides is 1.